The van der Waals surface area contributed by atoms with E-state index in [4.69, 9.17) is 0 Å². The monoisotopic (exact) mass is 276 g/mol. The fourth-order valence-corrected chi connectivity index (χ4v) is 1.89. The zero-order chi connectivity index (χ0) is 14.4. The number of imidazole rings is 1. The Labute approximate surface area is 116 Å². The van der Waals surface area contributed by atoms with Crippen LogP contribution in [-0.2, 0) is 6.42 Å². The van der Waals surface area contributed by atoms with E-state index in [2.05, 4.69) is 20.6 Å². The Bertz CT molecular complexity index is 569. The number of benzene rings is 1. The Kier molecular flexibility index (Phi) is 4.70. The van der Waals surface area contributed by atoms with E-state index < -0.39 is 5.82 Å². The van der Waals surface area contributed by atoms with Crippen molar-refractivity contribution in [2.24, 2.45) is 0 Å². The summed E-state index contributed by atoms with van der Waals surface area (Å²) in [6, 6.07) is 4.46. The van der Waals surface area contributed by atoms with Gasteiger partial charge in [0.2, 0.25) is 0 Å². The smallest absolute Gasteiger partial charge is 0.253 e. The van der Waals surface area contributed by atoms with Crippen molar-refractivity contribution < 1.29 is 9.18 Å². The number of halogens is 1. The summed E-state index contributed by atoms with van der Waals surface area (Å²) >= 11 is 0. The van der Waals surface area contributed by atoms with Gasteiger partial charge in [-0.2, -0.15) is 0 Å². The van der Waals surface area contributed by atoms with Crippen molar-refractivity contribution in [2.45, 2.75) is 13.3 Å². The molecule has 0 unspecified atom stereocenters. The number of rotatable bonds is 6. The van der Waals surface area contributed by atoms with Crippen LogP contribution in [0.25, 0.3) is 0 Å². The molecule has 0 spiro atoms. The Balaban J connectivity index is 1.99. The summed E-state index contributed by atoms with van der Waals surface area (Å²) < 4.78 is 13.7. The molecule has 2 rings (SSSR count). The molecule has 1 aromatic carbocycles. The second-order valence-electron chi connectivity index (χ2n) is 4.23. The Morgan fingerprint density at radius 3 is 3.00 bits per heavy atom. The fraction of sp³-hybridized carbons (Fsp3) is 0.286. The number of aromatic nitrogens is 2. The van der Waals surface area contributed by atoms with Gasteiger partial charge in [0.15, 0.2) is 0 Å². The van der Waals surface area contributed by atoms with Crippen molar-refractivity contribution in [3.63, 3.8) is 0 Å². The molecule has 0 saturated carbocycles. The van der Waals surface area contributed by atoms with Crippen molar-refractivity contribution in [3.8, 4) is 0 Å². The maximum Gasteiger partial charge on any atom is 0.253 e. The minimum atomic E-state index is -0.425. The van der Waals surface area contributed by atoms with E-state index in [1.165, 1.54) is 12.1 Å². The molecule has 0 bridgehead atoms. The summed E-state index contributed by atoms with van der Waals surface area (Å²) in [7, 11) is 0. The number of nitrogens with one attached hydrogen (secondary N) is 3. The predicted octanol–water partition coefficient (Wildman–Crippen LogP) is 1.95. The van der Waals surface area contributed by atoms with Crippen molar-refractivity contribution in [1.82, 2.24) is 15.3 Å². The standard InChI is InChI=1S/C14H17FN4O/c1-2-16-13-10(4-3-5-11(13)15)14(20)19-7-6-12-17-8-9-18-12/h3-5,8-9,16H,2,6-7H2,1H3,(H,17,18)(H,19,20). The van der Waals surface area contributed by atoms with Crippen LogP contribution in [0.5, 0.6) is 0 Å². The van der Waals surface area contributed by atoms with Gasteiger partial charge in [0.05, 0.1) is 11.3 Å². The highest BCUT2D eigenvalue weighted by atomic mass is 19.1. The molecule has 6 heteroatoms. The maximum absolute atomic E-state index is 13.7. The lowest BCUT2D eigenvalue weighted by molar-refractivity contribution is 0.0954. The predicted molar refractivity (Wildman–Crippen MR) is 75.2 cm³/mol. The second kappa shape index (κ2) is 6.70. The quantitative estimate of drug-likeness (QED) is 0.755. The molecule has 0 fully saturated rings. The summed E-state index contributed by atoms with van der Waals surface area (Å²) in [6.45, 7) is 2.84. The van der Waals surface area contributed by atoms with Crippen LogP contribution in [0.4, 0.5) is 10.1 Å². The summed E-state index contributed by atoms with van der Waals surface area (Å²) in [5, 5.41) is 5.63. The van der Waals surface area contributed by atoms with Crippen LogP contribution in [0.1, 0.15) is 23.1 Å². The Hall–Kier alpha value is -2.37. The zero-order valence-electron chi connectivity index (χ0n) is 11.2. The van der Waals surface area contributed by atoms with E-state index in [0.717, 1.165) is 5.82 Å². The highest BCUT2D eigenvalue weighted by molar-refractivity contribution is 5.99. The molecule has 1 heterocycles. The molecule has 106 valence electrons. The number of anilines is 1. The lowest BCUT2D eigenvalue weighted by atomic mass is 10.1. The number of amides is 1. The van der Waals surface area contributed by atoms with Crippen LogP contribution in [0, 0.1) is 5.82 Å². The molecule has 5 nitrogen and oxygen atoms in total. The summed E-state index contributed by atoms with van der Waals surface area (Å²) in [5.41, 5.74) is 0.553. The van der Waals surface area contributed by atoms with Crippen molar-refractivity contribution >= 4 is 11.6 Å². The molecular formula is C14H17FN4O. The van der Waals surface area contributed by atoms with E-state index >= 15 is 0 Å². The molecule has 1 aromatic heterocycles. The summed E-state index contributed by atoms with van der Waals surface area (Å²) in [4.78, 5) is 19.1. The first kappa shape index (κ1) is 14.0. The third kappa shape index (κ3) is 3.34. The third-order valence-electron chi connectivity index (χ3n) is 2.81. The van der Waals surface area contributed by atoms with Crippen LogP contribution in [0.15, 0.2) is 30.6 Å². The van der Waals surface area contributed by atoms with Crippen LogP contribution >= 0.6 is 0 Å². The number of hydrogen-bond acceptors (Lipinski definition) is 3. The minimum absolute atomic E-state index is 0.241. The molecule has 3 N–H and O–H groups in total. The number of carbonyl (C=O) groups is 1. The van der Waals surface area contributed by atoms with Gasteiger partial charge in [-0.15, -0.1) is 0 Å². The first-order valence-electron chi connectivity index (χ1n) is 6.51. The van der Waals surface area contributed by atoms with Gasteiger partial charge in [0.25, 0.3) is 5.91 Å². The molecule has 0 radical (unpaired) electrons. The van der Waals surface area contributed by atoms with Gasteiger partial charge in [-0.3, -0.25) is 4.79 Å². The maximum atomic E-state index is 13.7. The molecule has 20 heavy (non-hydrogen) atoms. The average molecular weight is 276 g/mol. The highest BCUT2D eigenvalue weighted by Crippen LogP contribution is 2.19. The lowest BCUT2D eigenvalue weighted by Gasteiger charge is -2.11. The van der Waals surface area contributed by atoms with Crippen LogP contribution in [0.3, 0.4) is 0 Å². The molecular weight excluding hydrogens is 259 g/mol. The topological polar surface area (TPSA) is 69.8 Å². The van der Waals surface area contributed by atoms with Gasteiger partial charge in [-0.1, -0.05) is 6.07 Å². The summed E-state index contributed by atoms with van der Waals surface area (Å²) in [6.07, 6.45) is 3.99. The van der Waals surface area contributed by atoms with E-state index in [-0.39, 0.29) is 11.6 Å². The molecule has 0 aliphatic carbocycles. The van der Waals surface area contributed by atoms with E-state index in [1.807, 2.05) is 6.92 Å². The average Bonchev–Trinajstić information content (AvgIpc) is 2.94. The number of para-hydroxylation sites is 1. The summed E-state index contributed by atoms with van der Waals surface area (Å²) in [5.74, 6) is 0.0778. The zero-order valence-corrected chi connectivity index (χ0v) is 11.2. The van der Waals surface area contributed by atoms with Gasteiger partial charge >= 0.3 is 0 Å². The molecule has 2 aromatic rings. The van der Waals surface area contributed by atoms with Gasteiger partial charge in [-0.25, -0.2) is 9.37 Å². The fourth-order valence-electron chi connectivity index (χ4n) is 1.89. The van der Waals surface area contributed by atoms with Gasteiger partial charge in [0, 0.05) is 31.9 Å². The molecule has 0 aliphatic rings. The van der Waals surface area contributed by atoms with Crippen LogP contribution in [0.2, 0.25) is 0 Å². The molecule has 0 saturated heterocycles. The second-order valence-corrected chi connectivity index (χ2v) is 4.23. The normalized spacial score (nSPS) is 10.3. The van der Waals surface area contributed by atoms with Crippen molar-refractivity contribution in [3.05, 3.63) is 47.8 Å². The molecule has 1 amide bonds. The number of carbonyl (C=O) groups excluding carboxylic acids is 1. The molecule has 0 aliphatic heterocycles. The van der Waals surface area contributed by atoms with E-state index in [0.29, 0.717) is 25.1 Å². The Morgan fingerprint density at radius 2 is 2.30 bits per heavy atom. The largest absolute Gasteiger partial charge is 0.382 e. The van der Waals surface area contributed by atoms with Gasteiger partial charge < -0.3 is 15.6 Å². The van der Waals surface area contributed by atoms with Gasteiger partial charge in [0.1, 0.15) is 11.6 Å². The first-order chi connectivity index (χ1) is 9.72. The minimum Gasteiger partial charge on any atom is -0.382 e. The van der Waals surface area contributed by atoms with Crippen molar-refractivity contribution in [1.29, 1.82) is 0 Å². The number of aromatic amines is 1. The number of hydrogen-bond donors (Lipinski definition) is 3. The van der Waals surface area contributed by atoms with E-state index in [9.17, 15) is 9.18 Å². The van der Waals surface area contributed by atoms with E-state index in [1.54, 1.807) is 18.5 Å². The van der Waals surface area contributed by atoms with Crippen LogP contribution < -0.4 is 10.6 Å². The van der Waals surface area contributed by atoms with Gasteiger partial charge in [-0.05, 0) is 19.1 Å². The van der Waals surface area contributed by atoms with Crippen molar-refractivity contribution in [2.75, 3.05) is 18.4 Å². The van der Waals surface area contributed by atoms with Crippen LogP contribution in [-0.4, -0.2) is 29.0 Å². The highest BCUT2D eigenvalue weighted by Gasteiger charge is 2.14. The third-order valence-corrected chi connectivity index (χ3v) is 2.81. The lowest BCUT2D eigenvalue weighted by Crippen LogP contribution is -2.27. The SMILES string of the molecule is CCNc1c(F)cccc1C(=O)NCCc1ncc[nH]1. The number of H-pyrrole nitrogens is 1. The Morgan fingerprint density at radius 1 is 1.45 bits per heavy atom. The molecule has 0 atom stereocenters. The number of nitrogens with zero attached hydrogens (tertiary/aromatic N) is 1. The first-order valence-corrected chi connectivity index (χ1v) is 6.51.